The molecule has 4 heteroatoms. The van der Waals surface area contributed by atoms with E-state index in [0.29, 0.717) is 0 Å². The Labute approximate surface area is 67.3 Å². The first-order valence-corrected chi connectivity index (χ1v) is 4.58. The van der Waals surface area contributed by atoms with E-state index < -0.39 is 16.2 Å². The number of hydrogen-bond donors (Lipinski definition) is 1. The summed E-state index contributed by atoms with van der Waals surface area (Å²) < 4.78 is 16.9. The molecule has 0 aromatic rings. The number of aliphatic hydroxyl groups excluding tert-OH is 1. The van der Waals surface area contributed by atoms with Gasteiger partial charge in [0.1, 0.15) is 0 Å². The molecule has 1 aliphatic rings. The van der Waals surface area contributed by atoms with E-state index in [1.807, 2.05) is 0 Å². The van der Waals surface area contributed by atoms with Gasteiger partial charge in [-0.25, -0.2) is 0 Å². The van der Waals surface area contributed by atoms with Crippen molar-refractivity contribution < 1.29 is 28.6 Å². The molecular weight excluding hydrogens is 171 g/mol. The van der Waals surface area contributed by atoms with E-state index in [1.54, 1.807) is 0 Å². The van der Waals surface area contributed by atoms with Gasteiger partial charge in [0.25, 0.3) is 0 Å². The third kappa shape index (κ3) is 6.27. The zero-order valence-electron chi connectivity index (χ0n) is 5.82. The van der Waals surface area contributed by atoms with Gasteiger partial charge in [-0.3, -0.25) is 0 Å². The van der Waals surface area contributed by atoms with Crippen molar-refractivity contribution in [1.82, 2.24) is 0 Å². The first-order chi connectivity index (χ1) is 4.81. The summed E-state index contributed by atoms with van der Waals surface area (Å²) in [5.41, 5.74) is 0. The normalized spacial score (nSPS) is 18.5. The third-order valence-corrected chi connectivity index (χ3v) is 1.57. The van der Waals surface area contributed by atoms with Crippen molar-refractivity contribution in [3.05, 3.63) is 0 Å². The second-order valence-corrected chi connectivity index (χ2v) is 2.60. The molecule has 1 aliphatic carbocycles. The molecule has 0 bridgehead atoms. The van der Waals surface area contributed by atoms with Gasteiger partial charge in [0, 0.05) is 0 Å². The molecule has 0 atom stereocenters. The van der Waals surface area contributed by atoms with Gasteiger partial charge in [0.15, 0.2) is 0 Å². The summed E-state index contributed by atoms with van der Waals surface area (Å²) in [6.45, 7) is 0. The average Bonchev–Trinajstić information content (AvgIpc) is 1.91. The topological polar surface area (TPSA) is 54.4 Å². The minimum atomic E-state index is -1.81. The van der Waals surface area contributed by atoms with Crippen LogP contribution >= 0.6 is 0 Å². The fraction of sp³-hybridized carbons (Fsp3) is 1.00. The van der Waals surface area contributed by atoms with Crippen LogP contribution in [0.2, 0.25) is 0 Å². The minimum absolute atomic E-state index is 0.0359. The van der Waals surface area contributed by atoms with Crippen LogP contribution < -0.4 is 0 Å². The summed E-state index contributed by atoms with van der Waals surface area (Å²) in [6.07, 6.45) is 5.92. The summed E-state index contributed by atoms with van der Waals surface area (Å²) in [6, 6.07) is 0. The van der Waals surface area contributed by atoms with Crippen LogP contribution in [0.1, 0.15) is 32.1 Å². The van der Waals surface area contributed by atoms with Crippen molar-refractivity contribution in [2.75, 3.05) is 0 Å². The van der Waals surface area contributed by atoms with Crippen molar-refractivity contribution in [2.45, 2.75) is 38.2 Å². The van der Waals surface area contributed by atoms with Crippen LogP contribution in [0.4, 0.5) is 0 Å². The third-order valence-electron chi connectivity index (χ3n) is 1.57. The molecule has 10 heavy (non-hydrogen) atoms. The molecule has 0 amide bonds. The monoisotopic (exact) mass is 183 g/mol. The van der Waals surface area contributed by atoms with Crippen LogP contribution in [0.15, 0.2) is 0 Å². The molecule has 0 heterocycles. The first-order valence-electron chi connectivity index (χ1n) is 3.44. The van der Waals surface area contributed by atoms with Crippen molar-refractivity contribution in [1.29, 1.82) is 0 Å². The van der Waals surface area contributed by atoms with Gasteiger partial charge in [-0.1, -0.05) is 19.3 Å². The van der Waals surface area contributed by atoms with Crippen LogP contribution in [-0.2, 0) is 23.5 Å². The quantitative estimate of drug-likeness (QED) is 0.611. The Hall–Kier alpha value is 0.144. The molecule has 0 aliphatic heterocycles. The second kappa shape index (κ2) is 7.25. The van der Waals surface area contributed by atoms with E-state index in [2.05, 4.69) is 0 Å². The molecule has 0 unspecified atom stereocenters. The van der Waals surface area contributed by atoms with Gasteiger partial charge in [0.05, 0.1) is 6.10 Å². The van der Waals surface area contributed by atoms with Gasteiger partial charge in [0.2, 0.25) is 0 Å². The maximum absolute atomic E-state index is 8.91. The SMILES string of the molecule is OC1CCCCC1.[O]=[V]=[O]. The van der Waals surface area contributed by atoms with Crippen LogP contribution in [0, 0.1) is 0 Å². The van der Waals surface area contributed by atoms with Gasteiger partial charge in [-0.2, -0.15) is 0 Å². The molecule has 0 saturated heterocycles. The maximum atomic E-state index is 8.91. The summed E-state index contributed by atoms with van der Waals surface area (Å²) in [7, 11) is 0. The predicted molar refractivity (Wildman–Crippen MR) is 30.5 cm³/mol. The van der Waals surface area contributed by atoms with Crippen molar-refractivity contribution in [3.8, 4) is 0 Å². The number of hydrogen-bond acceptors (Lipinski definition) is 3. The van der Waals surface area contributed by atoms with E-state index >= 15 is 0 Å². The van der Waals surface area contributed by atoms with Crippen molar-refractivity contribution in [2.24, 2.45) is 0 Å². The number of aliphatic hydroxyl groups is 1. The zero-order chi connectivity index (χ0) is 7.82. The summed E-state index contributed by atoms with van der Waals surface area (Å²) in [5, 5.41) is 8.91. The molecule has 0 aromatic carbocycles. The van der Waals surface area contributed by atoms with Gasteiger partial charge in [-0.15, -0.1) is 0 Å². The average molecular weight is 183 g/mol. The Morgan fingerprint density at radius 1 is 1.10 bits per heavy atom. The Balaban J connectivity index is 0.000000236. The van der Waals surface area contributed by atoms with Gasteiger partial charge in [-0.05, 0) is 12.8 Å². The Morgan fingerprint density at radius 2 is 1.50 bits per heavy atom. The van der Waals surface area contributed by atoms with Crippen molar-refractivity contribution in [3.63, 3.8) is 0 Å². The summed E-state index contributed by atoms with van der Waals surface area (Å²) in [4.78, 5) is 0. The van der Waals surface area contributed by atoms with Crippen LogP contribution in [0.25, 0.3) is 0 Å². The van der Waals surface area contributed by atoms with Crippen molar-refractivity contribution >= 4 is 0 Å². The fourth-order valence-electron chi connectivity index (χ4n) is 1.08. The van der Waals surface area contributed by atoms with Crippen LogP contribution in [-0.4, -0.2) is 11.2 Å². The number of rotatable bonds is 0. The molecule has 1 fully saturated rings. The molecule has 1 N–H and O–H groups in total. The molecular formula is C6H12O3V. The van der Waals surface area contributed by atoms with Crippen LogP contribution in [0.5, 0.6) is 0 Å². The summed E-state index contributed by atoms with van der Waals surface area (Å²) >= 11 is -1.81. The van der Waals surface area contributed by atoms with Crippen LogP contribution in [0.3, 0.4) is 0 Å². The molecule has 1 saturated carbocycles. The summed E-state index contributed by atoms with van der Waals surface area (Å²) in [5.74, 6) is 0. The first kappa shape index (κ1) is 10.1. The van der Waals surface area contributed by atoms with E-state index in [-0.39, 0.29) is 6.10 Å². The molecule has 0 aromatic heterocycles. The van der Waals surface area contributed by atoms with Gasteiger partial charge < -0.3 is 5.11 Å². The second-order valence-electron chi connectivity index (χ2n) is 2.37. The predicted octanol–water partition coefficient (Wildman–Crippen LogP) is 1.07. The zero-order valence-corrected chi connectivity index (χ0v) is 7.22. The van der Waals surface area contributed by atoms with E-state index in [4.69, 9.17) is 12.5 Å². The molecule has 0 radical (unpaired) electrons. The van der Waals surface area contributed by atoms with E-state index in [9.17, 15) is 0 Å². The molecule has 59 valence electrons. The van der Waals surface area contributed by atoms with E-state index in [1.165, 1.54) is 19.3 Å². The molecule has 3 nitrogen and oxygen atoms in total. The van der Waals surface area contributed by atoms with Gasteiger partial charge >= 0.3 is 23.5 Å². The fourth-order valence-corrected chi connectivity index (χ4v) is 1.08. The Bertz CT molecular complexity index is 104. The van der Waals surface area contributed by atoms with E-state index in [0.717, 1.165) is 12.8 Å². The molecule has 0 spiro atoms. The Morgan fingerprint density at radius 3 is 1.70 bits per heavy atom. The Kier molecular flexibility index (Phi) is 7.36. The molecule has 1 rings (SSSR count). The standard InChI is InChI=1S/C6H12O.2O.V/c7-6-4-2-1-3-5-6;;;/h6-7H,1-5H2;;;.